The van der Waals surface area contributed by atoms with Crippen LogP contribution in [0.25, 0.3) is 5.65 Å². The van der Waals surface area contributed by atoms with E-state index in [2.05, 4.69) is 53.6 Å². The lowest BCUT2D eigenvalue weighted by molar-refractivity contribution is -0.130. The van der Waals surface area contributed by atoms with Crippen LogP contribution >= 0.6 is 11.6 Å². The lowest BCUT2D eigenvalue weighted by Crippen LogP contribution is -2.59. The van der Waals surface area contributed by atoms with E-state index in [-0.39, 0.29) is 17.2 Å². The molecule has 0 saturated heterocycles. The zero-order chi connectivity index (χ0) is 32.7. The first-order valence-corrected chi connectivity index (χ1v) is 16.5. The Morgan fingerprint density at radius 1 is 0.955 bits per heavy atom. The monoisotopic (exact) mass is 628 g/mol. The molecular weight excluding hydrogens is 576 g/mol. The number of nitrogens with zero attached hydrogens (tertiary/aromatic N) is 3. The van der Waals surface area contributed by atoms with Crippen LogP contribution in [0.15, 0.2) is 24.3 Å². The van der Waals surface area contributed by atoms with E-state index in [0.29, 0.717) is 40.8 Å². The lowest BCUT2D eigenvalue weighted by atomic mass is 9.73. The number of para-hydroxylation sites is 2. The Morgan fingerprint density at radius 2 is 1.61 bits per heavy atom. The number of benzene rings is 1. The van der Waals surface area contributed by atoms with Crippen molar-refractivity contribution >= 4 is 34.7 Å². The number of aromatic amines is 1. The van der Waals surface area contributed by atoms with Gasteiger partial charge in [0.15, 0.2) is 17.6 Å². The summed E-state index contributed by atoms with van der Waals surface area (Å²) in [5, 5.41) is 19.1. The molecule has 1 unspecified atom stereocenters. The van der Waals surface area contributed by atoms with E-state index in [4.69, 9.17) is 16.3 Å². The molecule has 2 amide bonds. The fraction of sp³-hybridized carbons (Fsp3) is 0.647. The number of carbonyl (C=O) groups is 2. The van der Waals surface area contributed by atoms with E-state index in [1.54, 1.807) is 12.1 Å². The molecule has 3 N–H and O–H groups in total. The zero-order valence-corrected chi connectivity index (χ0v) is 29.0. The highest BCUT2D eigenvalue weighted by molar-refractivity contribution is 6.34. The van der Waals surface area contributed by atoms with E-state index in [1.807, 2.05) is 51.3 Å². The number of ether oxygens (including phenoxy) is 1. The maximum absolute atomic E-state index is 14.0. The van der Waals surface area contributed by atoms with Crippen LogP contribution in [0, 0.1) is 0 Å². The number of aromatic nitrogens is 4. The molecule has 44 heavy (non-hydrogen) atoms. The number of hydrogen-bond acceptors (Lipinski definition) is 5. The summed E-state index contributed by atoms with van der Waals surface area (Å²) in [6.07, 6.45) is 7.57. The molecule has 0 fully saturated rings. The summed E-state index contributed by atoms with van der Waals surface area (Å²) in [5.41, 5.74) is 0.367. The Labute approximate surface area is 268 Å². The number of unbranched alkanes of at least 4 members (excludes halogenated alkanes) is 5. The average molecular weight is 629 g/mol. The fourth-order valence-electron chi connectivity index (χ4n) is 5.15. The molecule has 3 aromatic rings. The summed E-state index contributed by atoms with van der Waals surface area (Å²) in [5.74, 6) is 0.844. The Bertz CT molecular complexity index is 1400. The van der Waals surface area contributed by atoms with Crippen LogP contribution in [0.2, 0.25) is 5.02 Å². The van der Waals surface area contributed by atoms with E-state index < -0.39 is 17.1 Å². The second-order valence-corrected chi connectivity index (χ2v) is 14.3. The maximum atomic E-state index is 14.0. The van der Waals surface area contributed by atoms with Crippen molar-refractivity contribution in [2.24, 2.45) is 0 Å². The lowest BCUT2D eigenvalue weighted by Gasteiger charge is -2.41. The summed E-state index contributed by atoms with van der Waals surface area (Å²) >= 11 is 6.71. The summed E-state index contributed by atoms with van der Waals surface area (Å²) in [6, 6.07) is 7.30. The summed E-state index contributed by atoms with van der Waals surface area (Å²) < 4.78 is 8.24. The zero-order valence-electron chi connectivity index (χ0n) is 28.2. The third-order valence-electron chi connectivity index (χ3n) is 8.63. The Kier molecular flexibility index (Phi) is 11.9. The van der Waals surface area contributed by atoms with Crippen LogP contribution in [0.1, 0.15) is 132 Å². The van der Waals surface area contributed by atoms with Gasteiger partial charge in [-0.2, -0.15) is 0 Å². The Hall–Kier alpha value is -3.07. The number of nitrogens with one attached hydrogen (secondary N) is 3. The van der Waals surface area contributed by atoms with Gasteiger partial charge in [0.1, 0.15) is 10.8 Å². The highest BCUT2D eigenvalue weighted by Gasteiger charge is 2.45. The SMILES string of the molecule is CCCCCCCCC(Oc1ccccc1NC(=O)CCC)C(=O)NC(C)(C)C(C)(C)c1nnc2c(Cl)c(C(C)(C)C)[nH]n12. The molecule has 0 aliphatic rings. The highest BCUT2D eigenvalue weighted by Crippen LogP contribution is 2.37. The minimum Gasteiger partial charge on any atom is -0.478 e. The topological polar surface area (TPSA) is 113 Å². The number of anilines is 1. The summed E-state index contributed by atoms with van der Waals surface area (Å²) in [6.45, 7) is 18.5. The molecule has 10 heteroatoms. The molecule has 2 heterocycles. The van der Waals surface area contributed by atoms with Gasteiger partial charge in [-0.25, -0.2) is 4.52 Å². The fourth-order valence-corrected chi connectivity index (χ4v) is 5.60. The van der Waals surface area contributed by atoms with Crippen molar-refractivity contribution in [3.8, 4) is 5.75 Å². The van der Waals surface area contributed by atoms with Gasteiger partial charge in [-0.3, -0.25) is 14.7 Å². The van der Waals surface area contributed by atoms with E-state index in [0.717, 1.165) is 31.4 Å². The smallest absolute Gasteiger partial charge is 0.261 e. The van der Waals surface area contributed by atoms with Crippen molar-refractivity contribution < 1.29 is 14.3 Å². The Balaban J connectivity index is 1.87. The third-order valence-corrected chi connectivity index (χ3v) is 8.99. The van der Waals surface area contributed by atoms with E-state index >= 15 is 0 Å². The predicted molar refractivity (Wildman–Crippen MR) is 179 cm³/mol. The van der Waals surface area contributed by atoms with E-state index in [9.17, 15) is 9.59 Å². The van der Waals surface area contributed by atoms with Crippen molar-refractivity contribution in [3.63, 3.8) is 0 Å². The van der Waals surface area contributed by atoms with Gasteiger partial charge >= 0.3 is 0 Å². The number of carbonyl (C=O) groups excluding carboxylic acids is 2. The molecule has 0 saturated carbocycles. The van der Waals surface area contributed by atoms with Crippen molar-refractivity contribution in [1.29, 1.82) is 0 Å². The number of rotatable bonds is 16. The van der Waals surface area contributed by atoms with Gasteiger partial charge in [-0.15, -0.1) is 10.2 Å². The van der Waals surface area contributed by atoms with Crippen molar-refractivity contribution in [1.82, 2.24) is 25.1 Å². The van der Waals surface area contributed by atoms with Gasteiger partial charge in [0.25, 0.3) is 5.91 Å². The second-order valence-electron chi connectivity index (χ2n) is 13.9. The van der Waals surface area contributed by atoms with E-state index in [1.165, 1.54) is 19.3 Å². The first-order chi connectivity index (χ1) is 20.6. The average Bonchev–Trinajstić information content (AvgIpc) is 3.51. The first kappa shape index (κ1) is 35.4. The minimum absolute atomic E-state index is 0.0815. The number of fused-ring (bicyclic) bond motifs is 1. The second kappa shape index (κ2) is 14.8. The number of hydrogen-bond donors (Lipinski definition) is 3. The first-order valence-electron chi connectivity index (χ1n) is 16.1. The molecular formula is C34H53ClN6O3. The van der Waals surface area contributed by atoms with Gasteiger partial charge in [-0.1, -0.05) is 104 Å². The molecule has 0 aliphatic heterocycles. The molecule has 2 aromatic heterocycles. The van der Waals surface area contributed by atoms with Crippen LogP contribution in [0.5, 0.6) is 5.75 Å². The van der Waals surface area contributed by atoms with Gasteiger partial charge < -0.3 is 15.4 Å². The molecule has 0 radical (unpaired) electrons. The van der Waals surface area contributed by atoms with Crippen LogP contribution in [0.3, 0.4) is 0 Å². The molecule has 244 valence electrons. The van der Waals surface area contributed by atoms with Crippen LogP contribution < -0.4 is 15.4 Å². The quantitative estimate of drug-likeness (QED) is 0.139. The molecule has 0 bridgehead atoms. The molecule has 1 atom stereocenters. The van der Waals surface area contributed by atoms with Crippen LogP contribution in [-0.2, 0) is 20.4 Å². The minimum atomic E-state index is -0.760. The number of amides is 2. The van der Waals surface area contributed by atoms with Crippen molar-refractivity contribution in [2.75, 3.05) is 5.32 Å². The highest BCUT2D eigenvalue weighted by atomic mass is 35.5. The van der Waals surface area contributed by atoms with Crippen LogP contribution in [0.4, 0.5) is 5.69 Å². The normalized spacial score (nSPS) is 13.2. The van der Waals surface area contributed by atoms with Gasteiger partial charge in [0.05, 0.1) is 11.4 Å². The molecule has 0 spiro atoms. The molecule has 1 aromatic carbocycles. The number of halogens is 1. The molecule has 0 aliphatic carbocycles. The largest absolute Gasteiger partial charge is 0.478 e. The van der Waals surface area contributed by atoms with Crippen molar-refractivity contribution in [3.05, 3.63) is 40.8 Å². The van der Waals surface area contributed by atoms with Gasteiger partial charge in [-0.05, 0) is 45.2 Å². The van der Waals surface area contributed by atoms with Crippen molar-refractivity contribution in [2.45, 2.75) is 143 Å². The molecule has 3 rings (SSSR count). The standard InChI is InChI=1S/C34H53ClN6O3/c1-10-12-13-14-15-16-22-25(44-24-21-18-17-20-23(24)36-26(42)19-11-2)30(43)37-34(8,9)33(6,7)31-39-38-29-27(35)28(32(3,4)5)40-41(29)31/h17-18,20-21,25,40H,10-16,19,22H2,1-9H3,(H,36,42)(H,37,43). The third kappa shape index (κ3) is 8.34. The Morgan fingerprint density at radius 3 is 2.27 bits per heavy atom. The maximum Gasteiger partial charge on any atom is 0.261 e. The summed E-state index contributed by atoms with van der Waals surface area (Å²) in [4.78, 5) is 26.4. The molecule has 9 nitrogen and oxygen atoms in total. The van der Waals surface area contributed by atoms with Gasteiger partial charge in [0.2, 0.25) is 5.91 Å². The van der Waals surface area contributed by atoms with Gasteiger partial charge in [0, 0.05) is 22.8 Å². The number of H-pyrrole nitrogens is 1. The van der Waals surface area contributed by atoms with Crippen LogP contribution in [-0.4, -0.2) is 43.3 Å². The predicted octanol–water partition coefficient (Wildman–Crippen LogP) is 8.12. The summed E-state index contributed by atoms with van der Waals surface area (Å²) in [7, 11) is 0.